The van der Waals surface area contributed by atoms with Crippen molar-refractivity contribution in [2.24, 2.45) is 5.41 Å². The fourth-order valence-electron chi connectivity index (χ4n) is 4.71. The van der Waals surface area contributed by atoms with Crippen molar-refractivity contribution in [1.82, 2.24) is 9.80 Å². The van der Waals surface area contributed by atoms with E-state index in [1.165, 1.54) is 6.07 Å². The van der Waals surface area contributed by atoms with Gasteiger partial charge in [0.25, 0.3) is 0 Å². The third-order valence-electron chi connectivity index (χ3n) is 6.28. The maximum atomic E-state index is 14.0. The Morgan fingerprint density at radius 1 is 1.19 bits per heavy atom. The summed E-state index contributed by atoms with van der Waals surface area (Å²) in [5.41, 5.74) is 0.550. The molecule has 26 heavy (non-hydrogen) atoms. The second kappa shape index (κ2) is 7.14. The van der Waals surface area contributed by atoms with Crippen molar-refractivity contribution in [2.45, 2.75) is 31.8 Å². The number of hydrogen-bond acceptors (Lipinski definition) is 4. The van der Waals surface area contributed by atoms with Crippen LogP contribution in [0.1, 0.15) is 25.0 Å². The molecular weight excluding hydrogens is 331 g/mol. The Morgan fingerprint density at radius 2 is 2.04 bits per heavy atom. The summed E-state index contributed by atoms with van der Waals surface area (Å²) in [5.74, 6) is 1.18. The van der Waals surface area contributed by atoms with Gasteiger partial charge in [-0.1, -0.05) is 12.1 Å². The predicted octanol–water partition coefficient (Wildman–Crippen LogP) is 3.36. The van der Waals surface area contributed by atoms with Crippen LogP contribution in [0.15, 0.2) is 40.8 Å². The Labute approximate surface area is 154 Å². The van der Waals surface area contributed by atoms with E-state index in [9.17, 15) is 9.50 Å². The number of benzene rings is 1. The molecule has 2 aromatic rings. The van der Waals surface area contributed by atoms with Gasteiger partial charge in [-0.2, -0.15) is 0 Å². The third kappa shape index (κ3) is 3.20. The lowest BCUT2D eigenvalue weighted by Crippen LogP contribution is -2.61. The minimum atomic E-state index is -0.261. The average Bonchev–Trinajstić information content (AvgIpc) is 3.11. The first-order valence-corrected chi connectivity index (χ1v) is 9.48. The van der Waals surface area contributed by atoms with E-state index in [1.54, 1.807) is 12.1 Å². The lowest BCUT2D eigenvalue weighted by molar-refractivity contribution is -0.0694. The Morgan fingerprint density at radius 3 is 2.85 bits per heavy atom. The Bertz CT molecular complexity index is 762. The van der Waals surface area contributed by atoms with Crippen LogP contribution in [0.25, 0.3) is 11.3 Å². The number of furan rings is 1. The first kappa shape index (κ1) is 17.7. The molecule has 0 unspecified atom stereocenters. The van der Waals surface area contributed by atoms with E-state index in [4.69, 9.17) is 4.42 Å². The number of likely N-dealkylation sites (tertiary alicyclic amines) is 2. The summed E-state index contributed by atoms with van der Waals surface area (Å²) in [6.45, 7) is 3.99. The van der Waals surface area contributed by atoms with Crippen molar-refractivity contribution < 1.29 is 13.9 Å². The van der Waals surface area contributed by atoms with Gasteiger partial charge >= 0.3 is 0 Å². The highest BCUT2D eigenvalue weighted by Crippen LogP contribution is 2.41. The van der Waals surface area contributed by atoms with Crippen LogP contribution in [0.4, 0.5) is 4.39 Å². The largest absolute Gasteiger partial charge is 0.460 e. The normalized spacial score (nSPS) is 27.4. The van der Waals surface area contributed by atoms with Crippen LogP contribution in [0.2, 0.25) is 0 Å². The van der Waals surface area contributed by atoms with Crippen molar-refractivity contribution in [2.75, 3.05) is 33.3 Å². The van der Waals surface area contributed by atoms with E-state index < -0.39 is 0 Å². The Kier molecular flexibility index (Phi) is 4.86. The first-order chi connectivity index (χ1) is 12.6. The Balaban J connectivity index is 1.47. The number of hydrogen-bond donors (Lipinski definition) is 1. The summed E-state index contributed by atoms with van der Waals surface area (Å²) < 4.78 is 19.9. The van der Waals surface area contributed by atoms with E-state index in [2.05, 4.69) is 16.8 Å². The van der Waals surface area contributed by atoms with Crippen molar-refractivity contribution in [3.8, 4) is 11.3 Å². The highest BCUT2D eigenvalue weighted by molar-refractivity contribution is 5.58. The zero-order valence-electron chi connectivity index (χ0n) is 15.3. The summed E-state index contributed by atoms with van der Waals surface area (Å²) in [6.07, 6.45) is 3.29. The van der Waals surface area contributed by atoms with Gasteiger partial charge in [0.05, 0.1) is 18.7 Å². The summed E-state index contributed by atoms with van der Waals surface area (Å²) in [4.78, 5) is 4.79. The van der Waals surface area contributed by atoms with Crippen LogP contribution >= 0.6 is 0 Å². The van der Waals surface area contributed by atoms with Gasteiger partial charge in [0.2, 0.25) is 0 Å². The summed E-state index contributed by atoms with van der Waals surface area (Å²) in [6, 6.07) is 10.9. The van der Waals surface area contributed by atoms with Crippen LogP contribution < -0.4 is 0 Å². The monoisotopic (exact) mass is 358 g/mol. The van der Waals surface area contributed by atoms with Crippen LogP contribution in [0.5, 0.6) is 0 Å². The number of aliphatic hydroxyl groups is 1. The summed E-state index contributed by atoms with van der Waals surface area (Å²) >= 11 is 0. The van der Waals surface area contributed by atoms with Crippen molar-refractivity contribution >= 4 is 0 Å². The molecule has 4 rings (SSSR count). The SMILES string of the molecule is CN1CCC[C@]2(CO)CCN(Cc3ccc(-c4ccccc4F)o3)C[C@@H]12. The average molecular weight is 358 g/mol. The Hall–Kier alpha value is -1.69. The fourth-order valence-corrected chi connectivity index (χ4v) is 4.71. The van der Waals surface area contributed by atoms with Gasteiger partial charge in [-0.25, -0.2) is 4.39 Å². The van der Waals surface area contributed by atoms with Crippen molar-refractivity contribution in [3.05, 3.63) is 48.0 Å². The van der Waals surface area contributed by atoms with Crippen molar-refractivity contribution in [1.29, 1.82) is 0 Å². The number of likely N-dealkylation sites (N-methyl/N-ethyl adjacent to an activating group) is 1. The number of halogens is 1. The number of piperidine rings is 2. The first-order valence-electron chi connectivity index (χ1n) is 9.48. The lowest BCUT2D eigenvalue weighted by Gasteiger charge is -2.53. The molecule has 2 saturated heterocycles. The zero-order valence-corrected chi connectivity index (χ0v) is 15.3. The van der Waals surface area contributed by atoms with E-state index >= 15 is 0 Å². The van der Waals surface area contributed by atoms with Gasteiger partial charge < -0.3 is 14.4 Å². The minimum Gasteiger partial charge on any atom is -0.460 e. The predicted molar refractivity (Wildman–Crippen MR) is 99.2 cm³/mol. The van der Waals surface area contributed by atoms with Gasteiger partial charge in [-0.3, -0.25) is 4.90 Å². The van der Waals surface area contributed by atoms with Gasteiger partial charge in [-0.05, 0) is 63.7 Å². The van der Waals surface area contributed by atoms with Crippen LogP contribution in [0.3, 0.4) is 0 Å². The molecule has 2 atom stereocenters. The lowest BCUT2D eigenvalue weighted by atomic mass is 9.69. The number of rotatable bonds is 4. The smallest absolute Gasteiger partial charge is 0.137 e. The molecule has 2 fully saturated rings. The topological polar surface area (TPSA) is 39.9 Å². The molecular formula is C21H27FN2O2. The summed E-state index contributed by atoms with van der Waals surface area (Å²) in [5, 5.41) is 10.0. The highest BCUT2D eigenvalue weighted by Gasteiger charge is 2.46. The standard InChI is InChI=1S/C21H27FN2O2/c1-23-11-4-9-21(15-25)10-12-24(14-20(21)23)13-16-7-8-19(26-16)17-5-2-3-6-18(17)22/h2-3,5-8,20,25H,4,9-15H2,1H3/t20-,21-/m1/s1. The molecule has 0 amide bonds. The molecule has 1 aromatic heterocycles. The molecule has 0 spiro atoms. The molecule has 2 aliphatic heterocycles. The molecule has 140 valence electrons. The van der Waals surface area contributed by atoms with Gasteiger partial charge in [0.1, 0.15) is 17.3 Å². The van der Waals surface area contributed by atoms with E-state index in [0.29, 0.717) is 17.4 Å². The van der Waals surface area contributed by atoms with E-state index in [0.717, 1.165) is 51.2 Å². The van der Waals surface area contributed by atoms with Gasteiger partial charge in [0.15, 0.2) is 0 Å². The molecule has 0 bridgehead atoms. The fraction of sp³-hybridized carbons (Fsp3) is 0.524. The minimum absolute atomic E-state index is 0.0466. The molecule has 4 nitrogen and oxygen atoms in total. The van der Waals surface area contributed by atoms with Crippen LogP contribution in [-0.2, 0) is 6.54 Å². The number of fused-ring (bicyclic) bond motifs is 1. The second-order valence-electron chi connectivity index (χ2n) is 7.85. The quantitative estimate of drug-likeness (QED) is 0.910. The molecule has 0 radical (unpaired) electrons. The molecule has 2 aliphatic rings. The highest BCUT2D eigenvalue weighted by atomic mass is 19.1. The maximum Gasteiger partial charge on any atom is 0.137 e. The second-order valence-corrected chi connectivity index (χ2v) is 7.85. The molecule has 3 heterocycles. The van der Waals surface area contributed by atoms with E-state index in [-0.39, 0.29) is 17.8 Å². The van der Waals surface area contributed by atoms with Crippen LogP contribution in [0, 0.1) is 11.2 Å². The van der Waals surface area contributed by atoms with Gasteiger partial charge in [-0.15, -0.1) is 0 Å². The van der Waals surface area contributed by atoms with Gasteiger partial charge in [0, 0.05) is 18.0 Å². The number of aliphatic hydroxyl groups excluding tert-OH is 1. The molecule has 0 aliphatic carbocycles. The maximum absolute atomic E-state index is 14.0. The molecule has 1 N–H and O–H groups in total. The van der Waals surface area contributed by atoms with Crippen molar-refractivity contribution in [3.63, 3.8) is 0 Å². The molecule has 1 aromatic carbocycles. The number of nitrogens with zero attached hydrogens (tertiary/aromatic N) is 2. The molecule has 0 saturated carbocycles. The van der Waals surface area contributed by atoms with Crippen LogP contribution in [-0.4, -0.2) is 54.2 Å². The zero-order chi connectivity index (χ0) is 18.1. The molecule has 5 heteroatoms. The summed E-state index contributed by atoms with van der Waals surface area (Å²) in [7, 11) is 2.17. The van der Waals surface area contributed by atoms with E-state index in [1.807, 2.05) is 18.2 Å². The third-order valence-corrected chi connectivity index (χ3v) is 6.28.